The minimum Gasteiger partial charge on any atom is -0.356 e. The Kier molecular flexibility index (Phi) is 3.07. The van der Waals surface area contributed by atoms with Crippen LogP contribution >= 0.6 is 0 Å². The minimum absolute atomic E-state index is 0.0464. The molecule has 0 bridgehead atoms. The first kappa shape index (κ1) is 12.9. The van der Waals surface area contributed by atoms with Gasteiger partial charge < -0.3 is 10.1 Å². The van der Waals surface area contributed by atoms with Gasteiger partial charge in [0.25, 0.3) is 5.91 Å². The third kappa shape index (κ3) is 1.91. The van der Waals surface area contributed by atoms with E-state index in [-0.39, 0.29) is 24.2 Å². The van der Waals surface area contributed by atoms with Crippen molar-refractivity contribution in [2.75, 3.05) is 5.32 Å². The maximum atomic E-state index is 12.3. The summed E-state index contributed by atoms with van der Waals surface area (Å²) in [6.07, 6.45) is 6.54. The Morgan fingerprint density at radius 3 is 3.00 bits per heavy atom. The third-order valence-corrected chi connectivity index (χ3v) is 3.86. The fourth-order valence-electron chi connectivity index (χ4n) is 2.96. The van der Waals surface area contributed by atoms with E-state index in [9.17, 15) is 9.59 Å². The SMILES string of the molecule is C#CCC[C@H]1CC(=O)C[C@]2(O1)C(=O)Nc1ccccc12. The molecule has 3 rings (SSSR count). The first-order valence-electron chi connectivity index (χ1n) is 6.69. The Morgan fingerprint density at radius 2 is 2.20 bits per heavy atom. The van der Waals surface area contributed by atoms with Gasteiger partial charge in [0.15, 0.2) is 5.60 Å². The molecule has 4 nitrogen and oxygen atoms in total. The zero-order valence-electron chi connectivity index (χ0n) is 11.0. The molecule has 20 heavy (non-hydrogen) atoms. The molecule has 0 unspecified atom stereocenters. The molecule has 1 aromatic carbocycles. The summed E-state index contributed by atoms with van der Waals surface area (Å²) < 4.78 is 6.02. The Bertz CT molecular complexity index is 616. The highest BCUT2D eigenvalue weighted by molar-refractivity contribution is 6.07. The van der Waals surface area contributed by atoms with Crippen molar-refractivity contribution in [3.05, 3.63) is 29.8 Å². The van der Waals surface area contributed by atoms with E-state index in [0.29, 0.717) is 19.3 Å². The van der Waals surface area contributed by atoms with E-state index in [2.05, 4.69) is 11.2 Å². The largest absolute Gasteiger partial charge is 0.356 e. The molecule has 1 amide bonds. The summed E-state index contributed by atoms with van der Waals surface area (Å²) in [5, 5.41) is 2.80. The molecule has 0 aromatic heterocycles. The predicted octanol–water partition coefficient (Wildman–Crippen LogP) is 2.00. The maximum Gasteiger partial charge on any atom is 0.261 e. The van der Waals surface area contributed by atoms with Crippen LogP contribution in [-0.4, -0.2) is 17.8 Å². The Balaban J connectivity index is 1.97. The normalized spacial score (nSPS) is 28.1. The van der Waals surface area contributed by atoms with Gasteiger partial charge in [0, 0.05) is 30.5 Å². The number of anilines is 1. The zero-order valence-corrected chi connectivity index (χ0v) is 11.0. The second-order valence-electron chi connectivity index (χ2n) is 5.23. The Hall–Kier alpha value is -2.12. The number of carbonyl (C=O) groups is 2. The molecule has 102 valence electrons. The van der Waals surface area contributed by atoms with Gasteiger partial charge >= 0.3 is 0 Å². The predicted molar refractivity (Wildman–Crippen MR) is 73.9 cm³/mol. The van der Waals surface area contributed by atoms with E-state index < -0.39 is 5.60 Å². The lowest BCUT2D eigenvalue weighted by Crippen LogP contribution is -2.47. The van der Waals surface area contributed by atoms with E-state index in [1.807, 2.05) is 24.3 Å². The van der Waals surface area contributed by atoms with E-state index in [1.54, 1.807) is 0 Å². The van der Waals surface area contributed by atoms with Gasteiger partial charge in [0.2, 0.25) is 0 Å². The van der Waals surface area contributed by atoms with Gasteiger partial charge in [-0.25, -0.2) is 0 Å². The molecule has 0 aliphatic carbocycles. The van der Waals surface area contributed by atoms with Crippen LogP contribution in [0.1, 0.15) is 31.2 Å². The lowest BCUT2D eigenvalue weighted by molar-refractivity contribution is -0.169. The van der Waals surface area contributed by atoms with Crippen molar-refractivity contribution in [3.63, 3.8) is 0 Å². The number of ether oxygens (including phenoxy) is 1. The molecular weight excluding hydrogens is 254 g/mol. The van der Waals surface area contributed by atoms with Crippen molar-refractivity contribution in [1.29, 1.82) is 0 Å². The number of rotatable bonds is 2. The van der Waals surface area contributed by atoms with Gasteiger partial charge in [0.1, 0.15) is 5.78 Å². The topological polar surface area (TPSA) is 55.4 Å². The quantitative estimate of drug-likeness (QED) is 0.835. The summed E-state index contributed by atoms with van der Waals surface area (Å²) in [5.41, 5.74) is 0.317. The van der Waals surface area contributed by atoms with Gasteiger partial charge in [-0.3, -0.25) is 9.59 Å². The zero-order chi connectivity index (χ0) is 14.2. The van der Waals surface area contributed by atoms with Gasteiger partial charge in [-0.2, -0.15) is 0 Å². The molecule has 1 N–H and O–H groups in total. The Labute approximate surface area is 117 Å². The summed E-state index contributed by atoms with van der Waals surface area (Å²) in [5.74, 6) is 2.34. The molecule has 4 heteroatoms. The number of carbonyl (C=O) groups excluding carboxylic acids is 2. The molecule has 2 aliphatic heterocycles. The molecule has 1 spiro atoms. The average molecular weight is 269 g/mol. The molecule has 0 radical (unpaired) electrons. The van der Waals surface area contributed by atoms with Crippen LogP contribution in [0.4, 0.5) is 5.69 Å². The molecule has 2 aliphatic rings. The Morgan fingerprint density at radius 1 is 1.40 bits per heavy atom. The summed E-state index contributed by atoms with van der Waals surface area (Å²) >= 11 is 0. The highest BCUT2D eigenvalue weighted by atomic mass is 16.5. The van der Waals surface area contributed by atoms with Crippen molar-refractivity contribution >= 4 is 17.4 Å². The van der Waals surface area contributed by atoms with Crippen LogP contribution in [-0.2, 0) is 19.9 Å². The van der Waals surface area contributed by atoms with Crippen LogP contribution in [0.15, 0.2) is 24.3 Å². The molecule has 2 atom stereocenters. The molecule has 0 saturated carbocycles. The lowest BCUT2D eigenvalue weighted by Gasteiger charge is -2.36. The highest BCUT2D eigenvalue weighted by Gasteiger charge is 2.53. The van der Waals surface area contributed by atoms with Crippen molar-refractivity contribution in [1.82, 2.24) is 0 Å². The standard InChI is InChI=1S/C16H15NO3/c1-2-3-6-12-9-11(18)10-16(20-12)13-7-4-5-8-14(13)17-15(16)19/h1,4-5,7-8,12H,3,6,9-10H2,(H,17,19)/t12-,16+/m0/s1. The number of fused-ring (bicyclic) bond motifs is 2. The number of amides is 1. The number of terminal acetylenes is 1. The smallest absolute Gasteiger partial charge is 0.261 e. The molecule has 2 heterocycles. The average Bonchev–Trinajstić information content (AvgIpc) is 2.69. The number of hydrogen-bond donors (Lipinski definition) is 1. The van der Waals surface area contributed by atoms with Gasteiger partial charge in [-0.05, 0) is 12.5 Å². The van der Waals surface area contributed by atoms with Crippen LogP contribution < -0.4 is 5.32 Å². The number of nitrogens with one attached hydrogen (secondary N) is 1. The van der Waals surface area contributed by atoms with Crippen LogP contribution in [0.2, 0.25) is 0 Å². The van der Waals surface area contributed by atoms with Gasteiger partial charge in [-0.15, -0.1) is 12.3 Å². The molecule has 1 fully saturated rings. The fourth-order valence-corrected chi connectivity index (χ4v) is 2.96. The number of Topliss-reactive ketones (excluding diaryl/α,β-unsaturated/α-hetero) is 1. The number of ketones is 1. The summed E-state index contributed by atoms with van der Waals surface area (Å²) in [7, 11) is 0. The monoisotopic (exact) mass is 269 g/mol. The number of benzene rings is 1. The fraction of sp³-hybridized carbons (Fsp3) is 0.375. The minimum atomic E-state index is -1.16. The van der Waals surface area contributed by atoms with Gasteiger partial charge in [-0.1, -0.05) is 18.2 Å². The third-order valence-electron chi connectivity index (χ3n) is 3.86. The first-order chi connectivity index (χ1) is 9.65. The van der Waals surface area contributed by atoms with E-state index in [4.69, 9.17) is 11.2 Å². The van der Waals surface area contributed by atoms with Crippen molar-refractivity contribution in [2.45, 2.75) is 37.4 Å². The van der Waals surface area contributed by atoms with Crippen LogP contribution in [0.3, 0.4) is 0 Å². The van der Waals surface area contributed by atoms with E-state index in [1.165, 1.54) is 0 Å². The number of para-hydroxylation sites is 1. The van der Waals surface area contributed by atoms with E-state index >= 15 is 0 Å². The molecule has 1 aromatic rings. The van der Waals surface area contributed by atoms with Gasteiger partial charge in [0.05, 0.1) is 6.10 Å². The van der Waals surface area contributed by atoms with Crippen molar-refractivity contribution < 1.29 is 14.3 Å². The summed E-state index contributed by atoms with van der Waals surface area (Å²) in [4.78, 5) is 24.4. The maximum absolute atomic E-state index is 12.3. The van der Waals surface area contributed by atoms with Crippen LogP contribution in [0.25, 0.3) is 0 Å². The van der Waals surface area contributed by atoms with Crippen molar-refractivity contribution in [2.24, 2.45) is 0 Å². The van der Waals surface area contributed by atoms with Crippen LogP contribution in [0, 0.1) is 12.3 Å². The molecule has 1 saturated heterocycles. The highest BCUT2D eigenvalue weighted by Crippen LogP contribution is 2.45. The number of hydrogen-bond acceptors (Lipinski definition) is 3. The lowest BCUT2D eigenvalue weighted by atomic mass is 9.84. The second kappa shape index (κ2) is 4.77. The summed E-state index contributed by atoms with van der Waals surface area (Å²) in [6, 6.07) is 7.35. The van der Waals surface area contributed by atoms with Crippen molar-refractivity contribution in [3.8, 4) is 12.3 Å². The second-order valence-corrected chi connectivity index (χ2v) is 5.23. The first-order valence-corrected chi connectivity index (χ1v) is 6.69. The summed E-state index contributed by atoms with van der Waals surface area (Å²) in [6.45, 7) is 0. The van der Waals surface area contributed by atoms with Crippen LogP contribution in [0.5, 0.6) is 0 Å². The molecular formula is C16H15NO3. The van der Waals surface area contributed by atoms with E-state index in [0.717, 1.165) is 11.3 Å².